The second-order valence-corrected chi connectivity index (χ2v) is 8.84. The predicted octanol–water partition coefficient (Wildman–Crippen LogP) is 8.34. The number of carbonyl (C=O) groups is 2. The Hall–Kier alpha value is -5.08. The van der Waals surface area contributed by atoms with Crippen LogP contribution in [0.2, 0.25) is 0 Å². The maximum Gasteiger partial charge on any atom is 0.197 e. The fourth-order valence-corrected chi connectivity index (χ4v) is 4.45. The highest BCUT2D eigenvalue weighted by Crippen LogP contribution is 2.32. The summed E-state index contributed by atoms with van der Waals surface area (Å²) < 4.78 is 0. The highest BCUT2D eigenvalue weighted by molar-refractivity contribution is 6.35. The van der Waals surface area contributed by atoms with Crippen LogP contribution in [0.15, 0.2) is 163 Å². The lowest BCUT2D eigenvalue weighted by Gasteiger charge is -2.16. The average molecular weight is 491 g/mol. The second kappa shape index (κ2) is 11.8. The highest BCUT2D eigenvalue weighted by atomic mass is 16.1. The normalized spacial score (nSPS) is 10.3. The number of allylic oxidation sites excluding steroid dienone is 3. The average Bonchev–Trinajstić information content (AvgIpc) is 3.01. The summed E-state index contributed by atoms with van der Waals surface area (Å²) in [6.07, 6.45) is 1.98. The minimum atomic E-state index is -0.310. The van der Waals surface area contributed by atoms with Gasteiger partial charge < -0.3 is 0 Å². The summed E-state index contributed by atoms with van der Waals surface area (Å²) in [5.41, 5.74) is 5.35. The number of rotatable bonds is 8. The van der Waals surface area contributed by atoms with Crippen molar-refractivity contribution in [3.63, 3.8) is 0 Å². The Kier molecular flexibility index (Phi) is 7.62. The molecule has 0 bridgehead atoms. The first-order chi connectivity index (χ1) is 18.7. The fourth-order valence-electron chi connectivity index (χ4n) is 4.45. The van der Waals surface area contributed by atoms with Gasteiger partial charge in [-0.25, -0.2) is 0 Å². The summed E-state index contributed by atoms with van der Waals surface area (Å²) in [5, 5.41) is 0. The second-order valence-electron chi connectivity index (χ2n) is 8.84. The monoisotopic (exact) mass is 490 g/mol. The van der Waals surface area contributed by atoms with Crippen LogP contribution in [-0.4, -0.2) is 11.6 Å². The van der Waals surface area contributed by atoms with Crippen molar-refractivity contribution < 1.29 is 9.59 Å². The van der Waals surface area contributed by atoms with Crippen LogP contribution < -0.4 is 0 Å². The molecule has 2 nitrogen and oxygen atoms in total. The van der Waals surface area contributed by atoms with Crippen LogP contribution in [0.25, 0.3) is 11.1 Å². The molecule has 2 heteroatoms. The molecule has 182 valence electrons. The lowest BCUT2D eigenvalue weighted by Crippen LogP contribution is -2.16. The number of Topliss-reactive ketones (excluding diaryl/α,β-unsaturated/α-hetero) is 2. The zero-order valence-corrected chi connectivity index (χ0v) is 20.8. The number of ketones is 2. The van der Waals surface area contributed by atoms with Crippen molar-refractivity contribution in [1.29, 1.82) is 0 Å². The third-order valence-electron chi connectivity index (χ3n) is 6.34. The molecule has 0 fully saturated rings. The third kappa shape index (κ3) is 5.50. The molecule has 0 aliphatic rings. The topological polar surface area (TPSA) is 34.1 Å². The van der Waals surface area contributed by atoms with E-state index in [0.29, 0.717) is 16.7 Å². The molecular formula is C36H26O2. The van der Waals surface area contributed by atoms with Crippen molar-refractivity contribution in [2.24, 2.45) is 0 Å². The van der Waals surface area contributed by atoms with Gasteiger partial charge >= 0.3 is 0 Å². The molecule has 0 aromatic heterocycles. The van der Waals surface area contributed by atoms with Crippen molar-refractivity contribution in [1.82, 2.24) is 0 Å². The molecule has 5 aromatic rings. The van der Waals surface area contributed by atoms with Gasteiger partial charge in [-0.1, -0.05) is 152 Å². The van der Waals surface area contributed by atoms with Gasteiger partial charge in [-0.15, -0.1) is 0 Å². The molecule has 5 aromatic carbocycles. The molecule has 0 heterocycles. The first kappa shape index (κ1) is 24.6. The third-order valence-corrected chi connectivity index (χ3v) is 6.34. The molecule has 0 aliphatic heterocycles. The fraction of sp³-hybridized carbons (Fsp3) is 0. The van der Waals surface area contributed by atoms with E-state index in [4.69, 9.17) is 0 Å². The van der Waals surface area contributed by atoms with E-state index in [-0.39, 0.29) is 17.1 Å². The Labute approximate surface area is 223 Å². The molecule has 38 heavy (non-hydrogen) atoms. The molecule has 0 aliphatic carbocycles. The maximum atomic E-state index is 14.1. The van der Waals surface area contributed by atoms with E-state index in [1.807, 2.05) is 133 Å². The van der Waals surface area contributed by atoms with Crippen LogP contribution in [0.5, 0.6) is 0 Å². The molecule has 5 rings (SSSR count). The van der Waals surface area contributed by atoms with Crippen LogP contribution in [0.3, 0.4) is 0 Å². The van der Waals surface area contributed by atoms with E-state index in [1.54, 1.807) is 24.3 Å². The summed E-state index contributed by atoms with van der Waals surface area (Å²) >= 11 is 0. The van der Waals surface area contributed by atoms with Crippen molar-refractivity contribution in [2.45, 2.75) is 0 Å². The van der Waals surface area contributed by atoms with Gasteiger partial charge in [0, 0.05) is 11.1 Å². The van der Waals surface area contributed by atoms with Crippen molar-refractivity contribution in [3.8, 4) is 0 Å². The Bertz CT molecular complexity index is 1490. The molecular weight excluding hydrogens is 464 g/mol. The molecule has 0 radical (unpaired) electrons. The number of hydrogen-bond donors (Lipinski definition) is 0. The predicted molar refractivity (Wildman–Crippen MR) is 155 cm³/mol. The van der Waals surface area contributed by atoms with E-state index in [0.717, 1.165) is 22.3 Å². The van der Waals surface area contributed by atoms with Crippen molar-refractivity contribution in [2.75, 3.05) is 0 Å². The van der Waals surface area contributed by atoms with Gasteiger partial charge in [0.25, 0.3) is 0 Å². The Morgan fingerprint density at radius 2 is 0.658 bits per heavy atom. The first-order valence-corrected chi connectivity index (χ1v) is 12.5. The van der Waals surface area contributed by atoms with Gasteiger partial charge in [0.15, 0.2) is 11.6 Å². The van der Waals surface area contributed by atoms with Crippen LogP contribution in [-0.2, 0) is 0 Å². The quantitative estimate of drug-likeness (QED) is 0.0720. The van der Waals surface area contributed by atoms with Gasteiger partial charge in [-0.05, 0) is 33.9 Å². The van der Waals surface area contributed by atoms with E-state index >= 15 is 0 Å². The Morgan fingerprint density at radius 1 is 0.368 bits per heavy atom. The van der Waals surface area contributed by atoms with Gasteiger partial charge in [0.1, 0.15) is 0 Å². The van der Waals surface area contributed by atoms with Crippen molar-refractivity contribution >= 4 is 22.7 Å². The minimum Gasteiger partial charge on any atom is -0.288 e. The van der Waals surface area contributed by atoms with E-state index < -0.39 is 0 Å². The molecule has 0 atom stereocenters. The van der Waals surface area contributed by atoms with E-state index in [2.05, 4.69) is 0 Å². The van der Waals surface area contributed by atoms with Crippen LogP contribution in [0.4, 0.5) is 0 Å². The summed E-state index contributed by atoms with van der Waals surface area (Å²) in [6, 6.07) is 47.7. The van der Waals surface area contributed by atoms with Gasteiger partial charge in [0.05, 0.1) is 5.57 Å². The molecule has 0 saturated carbocycles. The SMILES string of the molecule is O=C(C(C(=O)c1ccccc1)=C(C=C(c1ccccc1)c1ccccc1)c1ccccc1)c1ccccc1. The highest BCUT2D eigenvalue weighted by Gasteiger charge is 2.26. The largest absolute Gasteiger partial charge is 0.288 e. The van der Waals surface area contributed by atoms with Crippen molar-refractivity contribution in [3.05, 3.63) is 191 Å². The Morgan fingerprint density at radius 3 is 1.00 bits per heavy atom. The minimum absolute atomic E-state index is 0.137. The standard InChI is InChI=1S/C36H26O2/c37-35(30-22-12-4-13-23-30)34(36(38)31-24-14-5-15-25-31)33(29-20-10-3-11-21-29)26-32(27-16-6-1-7-17-27)28-18-8-2-9-19-28/h1-26H. The summed E-state index contributed by atoms with van der Waals surface area (Å²) in [4.78, 5) is 28.2. The summed E-state index contributed by atoms with van der Waals surface area (Å²) in [5.74, 6) is -0.620. The van der Waals surface area contributed by atoms with Gasteiger partial charge in [0.2, 0.25) is 0 Å². The van der Waals surface area contributed by atoms with E-state index in [9.17, 15) is 9.59 Å². The lowest BCUT2D eigenvalue weighted by atomic mass is 9.86. The smallest absolute Gasteiger partial charge is 0.197 e. The molecule has 0 amide bonds. The van der Waals surface area contributed by atoms with Gasteiger partial charge in [-0.2, -0.15) is 0 Å². The molecule has 0 saturated heterocycles. The number of carbonyl (C=O) groups excluding carboxylic acids is 2. The zero-order chi connectivity index (χ0) is 26.2. The Balaban J connectivity index is 1.85. The maximum absolute atomic E-state index is 14.1. The molecule has 0 N–H and O–H groups in total. The van der Waals surface area contributed by atoms with Crippen LogP contribution in [0, 0.1) is 0 Å². The molecule has 0 spiro atoms. The number of benzene rings is 5. The van der Waals surface area contributed by atoms with Crippen LogP contribution in [0.1, 0.15) is 37.4 Å². The van der Waals surface area contributed by atoms with E-state index in [1.165, 1.54) is 0 Å². The zero-order valence-electron chi connectivity index (χ0n) is 20.8. The first-order valence-electron chi connectivity index (χ1n) is 12.5. The molecule has 0 unspecified atom stereocenters. The van der Waals surface area contributed by atoms with Crippen LogP contribution >= 0.6 is 0 Å². The van der Waals surface area contributed by atoms with Gasteiger partial charge in [-0.3, -0.25) is 9.59 Å². The lowest BCUT2D eigenvalue weighted by molar-refractivity contribution is 0.0964. The summed E-state index contributed by atoms with van der Waals surface area (Å²) in [7, 11) is 0. The number of hydrogen-bond acceptors (Lipinski definition) is 2. The summed E-state index contributed by atoms with van der Waals surface area (Å²) in [6.45, 7) is 0.